The lowest BCUT2D eigenvalue weighted by molar-refractivity contribution is 0.0563. The maximum atomic E-state index is 11.5. The first kappa shape index (κ1) is 16.0. The van der Waals surface area contributed by atoms with Gasteiger partial charge in [0, 0.05) is 18.2 Å². The van der Waals surface area contributed by atoms with Crippen molar-refractivity contribution in [3.63, 3.8) is 0 Å². The molecule has 2 rings (SSSR count). The van der Waals surface area contributed by atoms with Gasteiger partial charge in [0.25, 0.3) is 0 Å². The number of carbonyl (C=O) groups excluding carboxylic acids is 1. The highest BCUT2D eigenvalue weighted by Gasteiger charge is 2.20. The van der Waals surface area contributed by atoms with Gasteiger partial charge < -0.3 is 19.4 Å². The molecule has 1 saturated heterocycles. The molecule has 1 N–H and O–H groups in total. The zero-order chi connectivity index (χ0) is 15.1. The minimum Gasteiger partial charge on any atom is -0.463 e. The standard InChI is InChI=1S/C16H26N2O3/c1-3-4-8-18-9-5-14(6-10-18)17-12-13-7-11-21-15(13)16(19)20-2/h7,11,14,17H,3-6,8-10,12H2,1-2H3. The summed E-state index contributed by atoms with van der Waals surface area (Å²) in [6.45, 7) is 6.43. The molecule has 1 aromatic heterocycles. The Balaban J connectivity index is 1.75. The van der Waals surface area contributed by atoms with Gasteiger partial charge in [0.15, 0.2) is 0 Å². The largest absolute Gasteiger partial charge is 0.463 e. The van der Waals surface area contributed by atoms with Crippen LogP contribution in [0.2, 0.25) is 0 Å². The highest BCUT2D eigenvalue weighted by Crippen LogP contribution is 2.15. The SMILES string of the molecule is CCCCN1CCC(NCc2ccoc2C(=O)OC)CC1. The first-order valence-electron chi connectivity index (χ1n) is 7.85. The summed E-state index contributed by atoms with van der Waals surface area (Å²) < 4.78 is 9.91. The van der Waals surface area contributed by atoms with E-state index in [1.54, 1.807) is 0 Å². The summed E-state index contributed by atoms with van der Waals surface area (Å²) in [7, 11) is 1.37. The molecule has 0 radical (unpaired) electrons. The molecule has 1 fully saturated rings. The maximum absolute atomic E-state index is 11.5. The number of carbonyl (C=O) groups is 1. The molecule has 5 nitrogen and oxygen atoms in total. The Morgan fingerprint density at radius 3 is 2.90 bits per heavy atom. The number of hydrogen-bond acceptors (Lipinski definition) is 5. The van der Waals surface area contributed by atoms with Crippen LogP contribution in [0.4, 0.5) is 0 Å². The van der Waals surface area contributed by atoms with Crippen LogP contribution in [0, 0.1) is 0 Å². The van der Waals surface area contributed by atoms with E-state index >= 15 is 0 Å². The van der Waals surface area contributed by atoms with Crippen molar-refractivity contribution >= 4 is 5.97 Å². The van der Waals surface area contributed by atoms with Crippen LogP contribution in [0.5, 0.6) is 0 Å². The molecule has 0 unspecified atom stereocenters. The smallest absolute Gasteiger partial charge is 0.374 e. The van der Waals surface area contributed by atoms with E-state index < -0.39 is 5.97 Å². The van der Waals surface area contributed by atoms with E-state index in [1.165, 1.54) is 32.8 Å². The number of nitrogens with zero attached hydrogens (tertiary/aromatic N) is 1. The lowest BCUT2D eigenvalue weighted by Crippen LogP contribution is -2.42. The molecule has 118 valence electrons. The molecular formula is C16H26N2O3. The molecule has 5 heteroatoms. The van der Waals surface area contributed by atoms with E-state index in [4.69, 9.17) is 9.15 Å². The van der Waals surface area contributed by atoms with Gasteiger partial charge >= 0.3 is 5.97 Å². The third kappa shape index (κ3) is 4.58. The van der Waals surface area contributed by atoms with E-state index in [-0.39, 0.29) is 0 Å². The summed E-state index contributed by atoms with van der Waals surface area (Å²) in [4.78, 5) is 14.1. The van der Waals surface area contributed by atoms with Gasteiger partial charge in [-0.2, -0.15) is 0 Å². The predicted octanol–water partition coefficient (Wildman–Crippen LogP) is 2.42. The number of nitrogens with one attached hydrogen (secondary N) is 1. The lowest BCUT2D eigenvalue weighted by atomic mass is 10.0. The third-order valence-electron chi connectivity index (χ3n) is 4.11. The van der Waals surface area contributed by atoms with Gasteiger partial charge in [0.1, 0.15) is 0 Å². The summed E-state index contributed by atoms with van der Waals surface area (Å²) in [5, 5.41) is 3.53. The van der Waals surface area contributed by atoms with Crippen LogP contribution in [0.15, 0.2) is 16.7 Å². The van der Waals surface area contributed by atoms with Crippen molar-refractivity contribution in [2.24, 2.45) is 0 Å². The van der Waals surface area contributed by atoms with Crippen molar-refractivity contribution in [1.29, 1.82) is 0 Å². The minimum atomic E-state index is -0.411. The highest BCUT2D eigenvalue weighted by molar-refractivity contribution is 5.87. The number of hydrogen-bond donors (Lipinski definition) is 1. The second-order valence-corrected chi connectivity index (χ2v) is 5.62. The fraction of sp³-hybridized carbons (Fsp3) is 0.688. The van der Waals surface area contributed by atoms with Crippen molar-refractivity contribution in [2.45, 2.75) is 45.2 Å². The van der Waals surface area contributed by atoms with Crippen molar-refractivity contribution in [2.75, 3.05) is 26.7 Å². The van der Waals surface area contributed by atoms with E-state index in [2.05, 4.69) is 17.1 Å². The Morgan fingerprint density at radius 1 is 1.48 bits per heavy atom. The topological polar surface area (TPSA) is 54.7 Å². The molecule has 1 aliphatic heterocycles. The third-order valence-corrected chi connectivity index (χ3v) is 4.11. The van der Waals surface area contributed by atoms with Crippen molar-refractivity contribution in [3.8, 4) is 0 Å². The summed E-state index contributed by atoms with van der Waals surface area (Å²) in [5.74, 6) is -0.100. The number of rotatable bonds is 7. The summed E-state index contributed by atoms with van der Waals surface area (Å²) >= 11 is 0. The van der Waals surface area contributed by atoms with Crippen LogP contribution >= 0.6 is 0 Å². The molecule has 0 saturated carbocycles. The van der Waals surface area contributed by atoms with Crippen LogP contribution in [0.3, 0.4) is 0 Å². The molecule has 1 aliphatic rings. The van der Waals surface area contributed by atoms with Crippen LogP contribution in [-0.2, 0) is 11.3 Å². The fourth-order valence-corrected chi connectivity index (χ4v) is 2.74. The number of piperidine rings is 1. The fourth-order valence-electron chi connectivity index (χ4n) is 2.74. The molecule has 0 aromatic carbocycles. The van der Waals surface area contributed by atoms with E-state index in [0.29, 0.717) is 18.3 Å². The van der Waals surface area contributed by atoms with Gasteiger partial charge in [0.2, 0.25) is 5.76 Å². The average Bonchev–Trinajstić information content (AvgIpc) is 2.99. The Labute approximate surface area is 126 Å². The normalized spacial score (nSPS) is 17.0. The Kier molecular flexibility index (Phi) is 6.26. The molecule has 0 bridgehead atoms. The Morgan fingerprint density at radius 2 is 2.24 bits per heavy atom. The predicted molar refractivity (Wildman–Crippen MR) is 81.3 cm³/mol. The van der Waals surface area contributed by atoms with Crippen LogP contribution in [0.25, 0.3) is 0 Å². The van der Waals surface area contributed by atoms with E-state index in [9.17, 15) is 4.79 Å². The molecule has 0 spiro atoms. The minimum absolute atomic E-state index is 0.311. The lowest BCUT2D eigenvalue weighted by Gasteiger charge is -2.32. The van der Waals surface area contributed by atoms with E-state index in [1.807, 2.05) is 6.07 Å². The molecule has 1 aromatic rings. The summed E-state index contributed by atoms with van der Waals surface area (Å²) in [6.07, 6.45) is 6.41. The van der Waals surface area contributed by atoms with Gasteiger partial charge in [-0.1, -0.05) is 13.3 Å². The first-order chi connectivity index (χ1) is 10.2. The molecule has 0 aliphatic carbocycles. The molecule has 0 atom stereocenters. The van der Waals surface area contributed by atoms with Crippen LogP contribution in [0.1, 0.15) is 48.7 Å². The number of unbranched alkanes of at least 4 members (excludes halogenated alkanes) is 1. The number of ether oxygens (including phenoxy) is 1. The number of furan rings is 1. The monoisotopic (exact) mass is 294 g/mol. The number of esters is 1. The van der Waals surface area contributed by atoms with Gasteiger partial charge in [-0.25, -0.2) is 4.79 Å². The average molecular weight is 294 g/mol. The number of likely N-dealkylation sites (tertiary alicyclic amines) is 1. The number of methoxy groups -OCH3 is 1. The Bertz CT molecular complexity index is 436. The second-order valence-electron chi connectivity index (χ2n) is 5.62. The van der Waals surface area contributed by atoms with Gasteiger partial charge in [0.05, 0.1) is 13.4 Å². The van der Waals surface area contributed by atoms with Crippen molar-refractivity contribution in [3.05, 3.63) is 23.7 Å². The van der Waals surface area contributed by atoms with Gasteiger partial charge in [-0.15, -0.1) is 0 Å². The maximum Gasteiger partial charge on any atom is 0.374 e. The zero-order valence-electron chi connectivity index (χ0n) is 13.1. The summed E-state index contributed by atoms with van der Waals surface area (Å²) in [6, 6.07) is 2.35. The quantitative estimate of drug-likeness (QED) is 0.783. The molecular weight excluding hydrogens is 268 g/mol. The summed E-state index contributed by atoms with van der Waals surface area (Å²) in [5.41, 5.74) is 0.871. The van der Waals surface area contributed by atoms with Gasteiger partial charge in [-0.3, -0.25) is 0 Å². The second kappa shape index (κ2) is 8.20. The van der Waals surface area contributed by atoms with Crippen LogP contribution in [-0.4, -0.2) is 43.7 Å². The molecule has 21 heavy (non-hydrogen) atoms. The molecule has 2 heterocycles. The highest BCUT2D eigenvalue weighted by atomic mass is 16.5. The van der Waals surface area contributed by atoms with Gasteiger partial charge in [-0.05, 0) is 45.0 Å². The Hall–Kier alpha value is -1.33. The first-order valence-corrected chi connectivity index (χ1v) is 7.85. The van der Waals surface area contributed by atoms with E-state index in [0.717, 1.165) is 31.5 Å². The molecule has 0 amide bonds. The van der Waals surface area contributed by atoms with Crippen molar-refractivity contribution < 1.29 is 13.9 Å². The zero-order valence-corrected chi connectivity index (χ0v) is 13.1. The van der Waals surface area contributed by atoms with Crippen molar-refractivity contribution in [1.82, 2.24) is 10.2 Å². The van der Waals surface area contributed by atoms with Crippen LogP contribution < -0.4 is 5.32 Å².